The number of nitrogens with one attached hydrogen (secondary N) is 1. The third kappa shape index (κ3) is 6.12. The van der Waals surface area contributed by atoms with Gasteiger partial charge in [0.05, 0.1) is 39.2 Å². The molecule has 9 aromatic rings. The summed E-state index contributed by atoms with van der Waals surface area (Å²) in [5.41, 5.74) is 12.2. The van der Waals surface area contributed by atoms with E-state index in [1.807, 2.05) is 31.2 Å². The van der Waals surface area contributed by atoms with Crippen LogP contribution in [0.3, 0.4) is 0 Å². The molecule has 0 bridgehead atoms. The molecule has 0 radical (unpaired) electrons. The molecular formula is C52H40N6. The maximum Gasteiger partial charge on any atom is 0.235 e. The Bertz CT molecular complexity index is 3140. The number of benzene rings is 6. The lowest BCUT2D eigenvalue weighted by atomic mass is 10.0. The normalized spacial score (nSPS) is 14.9. The largest absolute Gasteiger partial charge is 0.346 e. The monoisotopic (exact) mass is 748 g/mol. The molecule has 3 aromatic heterocycles. The molecule has 0 fully saturated rings. The molecule has 0 saturated heterocycles. The summed E-state index contributed by atoms with van der Waals surface area (Å²) >= 11 is 0. The average Bonchev–Trinajstić information content (AvgIpc) is 3.79. The summed E-state index contributed by atoms with van der Waals surface area (Å²) in [5.74, 6) is 0.619. The van der Waals surface area contributed by atoms with E-state index in [1.54, 1.807) is 0 Å². The SMILES string of the molecule is C\C=C/C=C\C(=C/C)c1cc(-c2ccccc2)nc(-n2c3ccccc3c3cc4c(cc32)c2ccccc2n4C2N=C(c3ccccc3)C=C(c3ccccc3)N2)n1. The molecule has 1 atom stereocenters. The summed E-state index contributed by atoms with van der Waals surface area (Å²) in [6, 6.07) is 55.3. The van der Waals surface area contributed by atoms with E-state index < -0.39 is 6.29 Å². The Morgan fingerprint density at radius 3 is 1.88 bits per heavy atom. The molecule has 10 rings (SSSR count). The molecule has 1 aliphatic heterocycles. The third-order valence-electron chi connectivity index (χ3n) is 10.9. The minimum atomic E-state index is -0.410. The quantitative estimate of drug-likeness (QED) is 0.157. The van der Waals surface area contributed by atoms with E-state index in [1.165, 1.54) is 0 Å². The number of nitrogens with zero attached hydrogens (tertiary/aromatic N) is 5. The van der Waals surface area contributed by atoms with Gasteiger partial charge in [0.2, 0.25) is 12.2 Å². The zero-order valence-electron chi connectivity index (χ0n) is 32.3. The highest BCUT2D eigenvalue weighted by molar-refractivity contribution is 6.19. The van der Waals surface area contributed by atoms with E-state index in [4.69, 9.17) is 15.0 Å². The van der Waals surface area contributed by atoms with Gasteiger partial charge in [0.25, 0.3) is 0 Å². The summed E-state index contributed by atoms with van der Waals surface area (Å²) in [5, 5.41) is 8.35. The predicted molar refractivity (Wildman–Crippen MR) is 242 cm³/mol. The third-order valence-corrected chi connectivity index (χ3v) is 10.9. The number of fused-ring (bicyclic) bond motifs is 6. The van der Waals surface area contributed by atoms with Crippen LogP contribution in [-0.2, 0) is 0 Å². The van der Waals surface area contributed by atoms with Crippen molar-refractivity contribution < 1.29 is 0 Å². The zero-order valence-corrected chi connectivity index (χ0v) is 32.3. The Labute approximate surface area is 337 Å². The molecule has 6 heteroatoms. The molecule has 278 valence electrons. The molecule has 6 nitrogen and oxygen atoms in total. The first kappa shape index (κ1) is 34.9. The lowest BCUT2D eigenvalue weighted by molar-refractivity contribution is 0.508. The van der Waals surface area contributed by atoms with Crippen LogP contribution in [0.5, 0.6) is 0 Å². The lowest BCUT2D eigenvalue weighted by Gasteiger charge is -2.27. The van der Waals surface area contributed by atoms with Crippen LogP contribution >= 0.6 is 0 Å². The molecule has 0 spiro atoms. The molecule has 1 unspecified atom stereocenters. The summed E-state index contributed by atoms with van der Waals surface area (Å²) in [4.78, 5) is 16.0. The maximum atomic E-state index is 5.42. The summed E-state index contributed by atoms with van der Waals surface area (Å²) in [6.45, 7) is 4.07. The van der Waals surface area contributed by atoms with Crippen molar-refractivity contribution in [1.82, 2.24) is 24.4 Å². The Morgan fingerprint density at radius 1 is 0.569 bits per heavy atom. The highest BCUT2D eigenvalue weighted by Crippen LogP contribution is 2.40. The molecule has 0 aliphatic carbocycles. The number of aliphatic imine (C=N–C) groups is 1. The number of para-hydroxylation sites is 2. The first-order chi connectivity index (χ1) is 28.7. The van der Waals surface area contributed by atoms with Crippen molar-refractivity contribution in [2.45, 2.75) is 20.1 Å². The molecule has 4 heterocycles. The molecule has 1 N–H and O–H groups in total. The Morgan fingerprint density at radius 2 is 1.17 bits per heavy atom. The van der Waals surface area contributed by atoms with Crippen LogP contribution in [0.4, 0.5) is 0 Å². The first-order valence-electron chi connectivity index (χ1n) is 19.7. The van der Waals surface area contributed by atoms with Crippen LogP contribution in [0.2, 0.25) is 0 Å². The minimum absolute atomic E-state index is 0.410. The minimum Gasteiger partial charge on any atom is -0.346 e. The van der Waals surface area contributed by atoms with Crippen molar-refractivity contribution >= 4 is 60.6 Å². The van der Waals surface area contributed by atoms with Gasteiger partial charge in [-0.25, -0.2) is 15.0 Å². The topological polar surface area (TPSA) is 60.0 Å². The number of allylic oxidation sites excluding steroid dienone is 7. The van der Waals surface area contributed by atoms with E-state index in [9.17, 15) is 0 Å². The van der Waals surface area contributed by atoms with E-state index >= 15 is 0 Å². The van der Waals surface area contributed by atoms with E-state index in [2.05, 4.69) is 191 Å². The number of aromatic nitrogens is 4. The molecular weight excluding hydrogens is 709 g/mol. The average molecular weight is 749 g/mol. The maximum absolute atomic E-state index is 5.42. The second-order valence-corrected chi connectivity index (χ2v) is 14.4. The van der Waals surface area contributed by atoms with Crippen LogP contribution in [0.25, 0.3) is 72.1 Å². The fraction of sp³-hybridized carbons (Fsp3) is 0.0577. The van der Waals surface area contributed by atoms with Crippen molar-refractivity contribution in [3.05, 3.63) is 211 Å². The van der Waals surface area contributed by atoms with Crippen LogP contribution in [0.15, 0.2) is 199 Å². The van der Waals surface area contributed by atoms with Gasteiger partial charge in [-0.1, -0.05) is 158 Å². The van der Waals surface area contributed by atoms with Gasteiger partial charge in [-0.05, 0) is 67.0 Å². The smallest absolute Gasteiger partial charge is 0.235 e. The van der Waals surface area contributed by atoms with Gasteiger partial charge >= 0.3 is 0 Å². The number of hydrogen-bond acceptors (Lipinski definition) is 4. The fourth-order valence-electron chi connectivity index (χ4n) is 8.17. The molecule has 0 amide bonds. The molecule has 0 saturated carbocycles. The van der Waals surface area contributed by atoms with Crippen LogP contribution in [0, 0.1) is 0 Å². The molecule has 1 aliphatic rings. The summed E-state index contributed by atoms with van der Waals surface area (Å²) in [6.07, 6.45) is 12.1. The molecule has 58 heavy (non-hydrogen) atoms. The van der Waals surface area contributed by atoms with Gasteiger partial charge in [-0.15, -0.1) is 0 Å². The van der Waals surface area contributed by atoms with E-state index in [0.29, 0.717) is 5.95 Å². The van der Waals surface area contributed by atoms with Crippen LogP contribution in [-0.4, -0.2) is 24.8 Å². The zero-order chi connectivity index (χ0) is 39.0. The van der Waals surface area contributed by atoms with Gasteiger partial charge in [-0.2, -0.15) is 0 Å². The second kappa shape index (κ2) is 14.8. The van der Waals surface area contributed by atoms with Crippen molar-refractivity contribution in [2.24, 2.45) is 4.99 Å². The van der Waals surface area contributed by atoms with Gasteiger partial charge in [0.1, 0.15) is 0 Å². The highest BCUT2D eigenvalue weighted by Gasteiger charge is 2.25. The summed E-state index contributed by atoms with van der Waals surface area (Å²) < 4.78 is 4.59. The van der Waals surface area contributed by atoms with Crippen LogP contribution < -0.4 is 5.32 Å². The van der Waals surface area contributed by atoms with Crippen molar-refractivity contribution in [3.8, 4) is 17.2 Å². The van der Waals surface area contributed by atoms with Gasteiger partial charge < -0.3 is 9.88 Å². The van der Waals surface area contributed by atoms with Gasteiger partial charge in [0, 0.05) is 32.8 Å². The van der Waals surface area contributed by atoms with E-state index in [-0.39, 0.29) is 0 Å². The van der Waals surface area contributed by atoms with Crippen molar-refractivity contribution in [1.29, 1.82) is 0 Å². The number of rotatable bonds is 8. The van der Waals surface area contributed by atoms with E-state index in [0.717, 1.165) is 88.7 Å². The Hall–Kier alpha value is -7.57. The predicted octanol–water partition coefficient (Wildman–Crippen LogP) is 12.5. The Kier molecular flexibility index (Phi) is 8.92. The highest BCUT2D eigenvalue weighted by atomic mass is 15.3. The fourth-order valence-corrected chi connectivity index (χ4v) is 8.17. The lowest BCUT2D eigenvalue weighted by Crippen LogP contribution is -2.29. The van der Waals surface area contributed by atoms with Crippen LogP contribution in [0.1, 0.15) is 37.0 Å². The van der Waals surface area contributed by atoms with Gasteiger partial charge in [-0.3, -0.25) is 4.57 Å². The second-order valence-electron chi connectivity index (χ2n) is 14.4. The number of hydrogen-bond donors (Lipinski definition) is 1. The standard InChI is InChI=1S/C52H40N6/c1-3-5-9-20-35(4-2)43-33-44(36-21-10-6-11-22-36)54-51(53-43)57-47-29-18-16-27-39(47)41-32-50-42(31-49(41)57)40-28-17-19-30-48(40)58(50)52-55-45(37-23-12-7-13-24-37)34-46(56-52)38-25-14-8-15-26-38/h3-34,52,55H,1-2H3/b5-3-,20-9-,35-4+. The molecule has 6 aromatic carbocycles. The van der Waals surface area contributed by atoms with Gasteiger partial charge in [0.15, 0.2) is 0 Å². The van der Waals surface area contributed by atoms with Crippen molar-refractivity contribution in [3.63, 3.8) is 0 Å². The summed E-state index contributed by atoms with van der Waals surface area (Å²) in [7, 11) is 0. The van der Waals surface area contributed by atoms with Crippen molar-refractivity contribution in [2.75, 3.05) is 0 Å². The first-order valence-corrected chi connectivity index (χ1v) is 19.7. The Balaban J connectivity index is 1.23.